The molecule has 6 heteroatoms. The predicted molar refractivity (Wildman–Crippen MR) is 80.7 cm³/mol. The van der Waals surface area contributed by atoms with Crippen molar-refractivity contribution in [2.45, 2.75) is 13.3 Å². The Balaban J connectivity index is 2.19. The molecule has 0 saturated carbocycles. The van der Waals surface area contributed by atoms with Crippen molar-refractivity contribution in [1.29, 1.82) is 0 Å². The number of hydrogen-bond acceptors (Lipinski definition) is 5. The van der Waals surface area contributed by atoms with Crippen LogP contribution in [0.4, 0.5) is 0 Å². The quantitative estimate of drug-likeness (QED) is 0.620. The van der Waals surface area contributed by atoms with Crippen molar-refractivity contribution in [3.8, 4) is 0 Å². The van der Waals surface area contributed by atoms with Crippen LogP contribution in [0, 0.1) is 6.92 Å². The Kier molecular flexibility index (Phi) is 4.57. The Morgan fingerprint density at radius 1 is 1.45 bits per heavy atom. The first-order valence-corrected chi connectivity index (χ1v) is 7.22. The third-order valence-electron chi connectivity index (χ3n) is 2.89. The first-order valence-electron chi connectivity index (χ1n) is 6.00. The number of aryl methyl sites for hydroxylation is 1. The lowest BCUT2D eigenvalue weighted by atomic mass is 10.1. The minimum Gasteiger partial charge on any atom is -0.550 e. The van der Waals surface area contributed by atoms with E-state index in [1.807, 2.05) is 31.2 Å². The largest absolute Gasteiger partial charge is 0.550 e. The van der Waals surface area contributed by atoms with E-state index in [2.05, 4.69) is 0 Å². The van der Waals surface area contributed by atoms with Crippen LogP contribution in [-0.2, 0) is 9.59 Å². The summed E-state index contributed by atoms with van der Waals surface area (Å²) < 4.78 is 0.385. The number of hydrogen-bond donors (Lipinski definition) is 0. The van der Waals surface area contributed by atoms with Gasteiger partial charge in [0.05, 0.1) is 4.91 Å². The van der Waals surface area contributed by atoms with Gasteiger partial charge in [-0.1, -0.05) is 48.2 Å². The van der Waals surface area contributed by atoms with Crippen LogP contribution in [0.3, 0.4) is 0 Å². The summed E-state index contributed by atoms with van der Waals surface area (Å²) in [6.45, 7) is 2.01. The topological polar surface area (TPSA) is 60.4 Å². The highest BCUT2D eigenvalue weighted by molar-refractivity contribution is 8.26. The van der Waals surface area contributed by atoms with Gasteiger partial charge in [-0.3, -0.25) is 9.69 Å². The summed E-state index contributed by atoms with van der Waals surface area (Å²) in [6.07, 6.45) is 1.57. The molecule has 1 aliphatic heterocycles. The van der Waals surface area contributed by atoms with Gasteiger partial charge in [-0.15, -0.1) is 0 Å². The number of amides is 1. The number of benzene rings is 1. The number of aliphatic carboxylic acids is 1. The summed E-state index contributed by atoms with van der Waals surface area (Å²) in [5, 5.41) is 10.5. The van der Waals surface area contributed by atoms with E-state index in [4.69, 9.17) is 12.2 Å². The molecule has 20 heavy (non-hydrogen) atoms. The highest BCUT2D eigenvalue weighted by Crippen LogP contribution is 2.32. The highest BCUT2D eigenvalue weighted by atomic mass is 32.2. The van der Waals surface area contributed by atoms with E-state index in [1.165, 1.54) is 16.7 Å². The van der Waals surface area contributed by atoms with Gasteiger partial charge in [0.1, 0.15) is 4.32 Å². The fraction of sp³-hybridized carbons (Fsp3) is 0.214. The summed E-state index contributed by atoms with van der Waals surface area (Å²) in [5.41, 5.74) is 2.01. The van der Waals surface area contributed by atoms with Crippen LogP contribution in [0.15, 0.2) is 29.2 Å². The Morgan fingerprint density at radius 3 is 2.80 bits per heavy atom. The minimum atomic E-state index is -1.19. The molecule has 0 N–H and O–H groups in total. The Hall–Kier alpha value is -1.66. The number of rotatable bonds is 4. The normalized spacial score (nSPS) is 17.1. The molecule has 0 unspecified atom stereocenters. The molecular weight excluding hydrogens is 294 g/mol. The molecule has 0 aliphatic carbocycles. The summed E-state index contributed by atoms with van der Waals surface area (Å²) in [6, 6.07) is 7.71. The predicted octanol–water partition coefficient (Wildman–Crippen LogP) is 1.34. The maximum absolute atomic E-state index is 12.2. The van der Waals surface area contributed by atoms with Crippen LogP contribution in [0.1, 0.15) is 17.5 Å². The maximum Gasteiger partial charge on any atom is 0.266 e. The SMILES string of the molecule is Cc1ccccc1/C=C1\SC(=S)N(CCC(=O)[O-])C1=O. The molecule has 1 heterocycles. The monoisotopic (exact) mass is 306 g/mol. The van der Waals surface area contributed by atoms with Crippen LogP contribution in [0.2, 0.25) is 0 Å². The highest BCUT2D eigenvalue weighted by Gasteiger charge is 2.31. The molecule has 0 radical (unpaired) electrons. The van der Waals surface area contributed by atoms with Crippen molar-refractivity contribution in [3.05, 3.63) is 40.3 Å². The van der Waals surface area contributed by atoms with Gasteiger partial charge in [0.25, 0.3) is 5.91 Å². The number of nitrogens with zero attached hydrogens (tertiary/aromatic N) is 1. The minimum absolute atomic E-state index is 0.0537. The van der Waals surface area contributed by atoms with Crippen LogP contribution in [0.5, 0.6) is 0 Å². The molecule has 1 aromatic rings. The van der Waals surface area contributed by atoms with Crippen molar-refractivity contribution in [2.75, 3.05) is 6.54 Å². The summed E-state index contributed by atoms with van der Waals surface area (Å²) in [7, 11) is 0. The molecule has 4 nitrogen and oxygen atoms in total. The molecule has 1 aliphatic rings. The van der Waals surface area contributed by atoms with Gasteiger partial charge in [0.15, 0.2) is 0 Å². The summed E-state index contributed by atoms with van der Waals surface area (Å²) in [5.74, 6) is -1.44. The van der Waals surface area contributed by atoms with E-state index in [1.54, 1.807) is 6.08 Å². The number of carbonyl (C=O) groups excluding carboxylic acids is 2. The van der Waals surface area contributed by atoms with Gasteiger partial charge in [0, 0.05) is 18.9 Å². The standard InChI is InChI=1S/C14H13NO3S2/c1-9-4-2-3-5-10(9)8-11-13(18)15(14(19)20-11)7-6-12(16)17/h2-5,8H,6-7H2,1H3,(H,16,17)/p-1/b11-8-. The average Bonchev–Trinajstić information content (AvgIpc) is 2.65. The van der Waals surface area contributed by atoms with Crippen molar-refractivity contribution in [3.63, 3.8) is 0 Å². The molecule has 0 atom stereocenters. The number of carboxylic acids is 1. The van der Waals surface area contributed by atoms with E-state index in [9.17, 15) is 14.7 Å². The van der Waals surface area contributed by atoms with E-state index >= 15 is 0 Å². The lowest BCUT2D eigenvalue weighted by Crippen LogP contribution is -2.33. The molecule has 0 aromatic heterocycles. The van der Waals surface area contributed by atoms with Crippen LogP contribution in [-0.4, -0.2) is 27.6 Å². The van der Waals surface area contributed by atoms with Crippen LogP contribution in [0.25, 0.3) is 6.08 Å². The van der Waals surface area contributed by atoms with Crippen molar-refractivity contribution in [1.82, 2.24) is 4.90 Å². The molecule has 0 spiro atoms. The van der Waals surface area contributed by atoms with Crippen LogP contribution < -0.4 is 5.11 Å². The second-order valence-electron chi connectivity index (χ2n) is 4.31. The van der Waals surface area contributed by atoms with Crippen molar-refractivity contribution in [2.24, 2.45) is 0 Å². The third-order valence-corrected chi connectivity index (χ3v) is 4.27. The zero-order chi connectivity index (χ0) is 14.7. The van der Waals surface area contributed by atoms with Crippen LogP contribution >= 0.6 is 24.0 Å². The number of carboxylic acid groups (broad SMARTS) is 1. The number of thiocarbonyl (C=S) groups is 1. The molecule has 104 valence electrons. The summed E-state index contributed by atoms with van der Waals surface area (Å²) in [4.78, 5) is 24.5. The zero-order valence-electron chi connectivity index (χ0n) is 10.8. The average molecular weight is 306 g/mol. The first kappa shape index (κ1) is 14.7. The second-order valence-corrected chi connectivity index (χ2v) is 5.99. The molecule has 1 saturated heterocycles. The number of carbonyl (C=O) groups is 2. The first-order chi connectivity index (χ1) is 9.49. The summed E-state index contributed by atoms with van der Waals surface area (Å²) >= 11 is 6.30. The smallest absolute Gasteiger partial charge is 0.266 e. The second kappa shape index (κ2) is 6.19. The van der Waals surface area contributed by atoms with Crippen molar-refractivity contribution < 1.29 is 14.7 Å². The van der Waals surface area contributed by atoms with Gasteiger partial charge in [-0.05, 0) is 24.1 Å². The third kappa shape index (κ3) is 3.26. The maximum atomic E-state index is 12.2. The van der Waals surface area contributed by atoms with Gasteiger partial charge in [0.2, 0.25) is 0 Å². The van der Waals surface area contributed by atoms with E-state index in [0.717, 1.165) is 11.1 Å². The van der Waals surface area contributed by atoms with E-state index < -0.39 is 5.97 Å². The Labute approximate surface area is 126 Å². The Morgan fingerprint density at radius 2 is 2.15 bits per heavy atom. The lowest BCUT2D eigenvalue weighted by molar-refractivity contribution is -0.305. The molecule has 2 rings (SSSR count). The van der Waals surface area contributed by atoms with E-state index in [0.29, 0.717) is 9.23 Å². The van der Waals surface area contributed by atoms with Gasteiger partial charge in [-0.2, -0.15) is 0 Å². The molecular formula is C14H12NO3S2-. The fourth-order valence-corrected chi connectivity index (χ4v) is 3.09. The molecule has 1 aromatic carbocycles. The fourth-order valence-electron chi connectivity index (χ4n) is 1.79. The molecule has 0 bridgehead atoms. The van der Waals surface area contributed by atoms with Gasteiger partial charge >= 0.3 is 0 Å². The van der Waals surface area contributed by atoms with Gasteiger partial charge in [-0.25, -0.2) is 0 Å². The lowest BCUT2D eigenvalue weighted by Gasteiger charge is -2.14. The van der Waals surface area contributed by atoms with Gasteiger partial charge < -0.3 is 9.90 Å². The number of thioether (sulfide) groups is 1. The molecule has 1 amide bonds. The Bertz CT molecular complexity index is 610. The molecule has 1 fully saturated rings. The zero-order valence-corrected chi connectivity index (χ0v) is 12.4. The van der Waals surface area contributed by atoms with Crippen molar-refractivity contribution >= 4 is 46.3 Å². The van der Waals surface area contributed by atoms with E-state index in [-0.39, 0.29) is 18.9 Å².